The SMILES string of the molecule is COc1ccc2c(cc(C)n2C)c1Cl. The minimum Gasteiger partial charge on any atom is -0.495 e. The molecule has 0 fully saturated rings. The van der Waals surface area contributed by atoms with Crippen LogP contribution in [0.1, 0.15) is 5.69 Å². The third-order valence-electron chi connectivity index (χ3n) is 2.58. The van der Waals surface area contributed by atoms with Crippen LogP contribution in [0.5, 0.6) is 5.75 Å². The second-order valence-electron chi connectivity index (χ2n) is 3.36. The average molecular weight is 210 g/mol. The molecule has 2 nitrogen and oxygen atoms in total. The summed E-state index contributed by atoms with van der Waals surface area (Å²) in [6.45, 7) is 2.06. The van der Waals surface area contributed by atoms with Gasteiger partial charge in [-0.1, -0.05) is 11.6 Å². The number of aryl methyl sites for hydroxylation is 2. The van der Waals surface area contributed by atoms with Crippen molar-refractivity contribution in [2.75, 3.05) is 7.11 Å². The smallest absolute Gasteiger partial charge is 0.138 e. The Morgan fingerprint density at radius 3 is 2.71 bits per heavy atom. The van der Waals surface area contributed by atoms with Gasteiger partial charge in [-0.25, -0.2) is 0 Å². The van der Waals surface area contributed by atoms with E-state index in [1.807, 2.05) is 19.2 Å². The minimum absolute atomic E-state index is 0.689. The Morgan fingerprint density at radius 2 is 2.07 bits per heavy atom. The zero-order valence-corrected chi connectivity index (χ0v) is 9.22. The lowest BCUT2D eigenvalue weighted by atomic mass is 10.2. The largest absolute Gasteiger partial charge is 0.495 e. The number of hydrogen-bond acceptors (Lipinski definition) is 1. The monoisotopic (exact) mass is 209 g/mol. The molecule has 0 saturated heterocycles. The van der Waals surface area contributed by atoms with Gasteiger partial charge in [0.15, 0.2) is 0 Å². The van der Waals surface area contributed by atoms with Crippen molar-refractivity contribution in [3.05, 3.63) is 28.9 Å². The third kappa shape index (κ3) is 1.18. The summed E-state index contributed by atoms with van der Waals surface area (Å²) in [5.74, 6) is 0.727. The summed E-state index contributed by atoms with van der Waals surface area (Å²) in [6.07, 6.45) is 0. The third-order valence-corrected chi connectivity index (χ3v) is 2.97. The number of benzene rings is 1. The van der Waals surface area contributed by atoms with Gasteiger partial charge in [-0.15, -0.1) is 0 Å². The highest BCUT2D eigenvalue weighted by Crippen LogP contribution is 2.33. The molecule has 0 atom stereocenters. The van der Waals surface area contributed by atoms with Crippen molar-refractivity contribution < 1.29 is 4.74 Å². The van der Waals surface area contributed by atoms with Gasteiger partial charge >= 0.3 is 0 Å². The lowest BCUT2D eigenvalue weighted by Crippen LogP contribution is -1.89. The molecule has 2 aromatic rings. The first kappa shape index (κ1) is 9.41. The summed E-state index contributed by atoms with van der Waals surface area (Å²) in [4.78, 5) is 0. The highest BCUT2D eigenvalue weighted by Gasteiger charge is 2.09. The summed E-state index contributed by atoms with van der Waals surface area (Å²) in [5, 5.41) is 1.74. The van der Waals surface area contributed by atoms with Crippen molar-refractivity contribution in [2.24, 2.45) is 7.05 Å². The van der Waals surface area contributed by atoms with Crippen molar-refractivity contribution in [3.63, 3.8) is 0 Å². The molecule has 1 heterocycles. The van der Waals surface area contributed by atoms with Crippen molar-refractivity contribution in [3.8, 4) is 5.75 Å². The van der Waals surface area contributed by atoms with Gasteiger partial charge in [0.25, 0.3) is 0 Å². The molecule has 0 aliphatic carbocycles. The molecule has 0 aliphatic heterocycles. The van der Waals surface area contributed by atoms with E-state index >= 15 is 0 Å². The lowest BCUT2D eigenvalue weighted by Gasteiger charge is -2.04. The van der Waals surface area contributed by atoms with Gasteiger partial charge in [0.05, 0.1) is 12.1 Å². The molecule has 1 aromatic heterocycles. The predicted octanol–water partition coefficient (Wildman–Crippen LogP) is 3.15. The zero-order chi connectivity index (χ0) is 10.3. The van der Waals surface area contributed by atoms with Gasteiger partial charge in [0.1, 0.15) is 5.75 Å². The van der Waals surface area contributed by atoms with Gasteiger partial charge in [-0.05, 0) is 25.1 Å². The first-order valence-electron chi connectivity index (χ1n) is 4.43. The van der Waals surface area contributed by atoms with E-state index in [9.17, 15) is 0 Å². The number of halogens is 1. The highest BCUT2D eigenvalue weighted by atomic mass is 35.5. The summed E-state index contributed by atoms with van der Waals surface area (Å²) in [6, 6.07) is 5.98. The van der Waals surface area contributed by atoms with Crippen LogP contribution in [0.25, 0.3) is 10.9 Å². The first-order valence-corrected chi connectivity index (χ1v) is 4.81. The van der Waals surface area contributed by atoms with E-state index in [4.69, 9.17) is 16.3 Å². The number of methoxy groups -OCH3 is 1. The lowest BCUT2D eigenvalue weighted by molar-refractivity contribution is 0.415. The second-order valence-corrected chi connectivity index (χ2v) is 3.74. The number of aromatic nitrogens is 1. The average Bonchev–Trinajstić information content (AvgIpc) is 2.46. The number of ether oxygens (including phenoxy) is 1. The molecule has 74 valence electrons. The molecule has 0 aliphatic rings. The number of nitrogens with zero attached hydrogens (tertiary/aromatic N) is 1. The molecule has 1 aromatic carbocycles. The number of rotatable bonds is 1. The molecule has 0 amide bonds. The summed E-state index contributed by atoms with van der Waals surface area (Å²) in [5.41, 5.74) is 2.32. The highest BCUT2D eigenvalue weighted by molar-refractivity contribution is 6.37. The fourth-order valence-corrected chi connectivity index (χ4v) is 1.94. The van der Waals surface area contributed by atoms with Crippen LogP contribution in [0.15, 0.2) is 18.2 Å². The van der Waals surface area contributed by atoms with Crippen LogP contribution in [0.3, 0.4) is 0 Å². The van der Waals surface area contributed by atoms with E-state index in [0.29, 0.717) is 5.02 Å². The molecule has 0 unspecified atom stereocenters. The van der Waals surface area contributed by atoms with E-state index < -0.39 is 0 Å². The second kappa shape index (κ2) is 3.21. The Balaban J connectivity index is 2.83. The molecule has 0 saturated carbocycles. The Hall–Kier alpha value is -1.15. The molecule has 3 heteroatoms. The van der Waals surface area contributed by atoms with Crippen LogP contribution < -0.4 is 4.74 Å². The molecule has 0 N–H and O–H groups in total. The molecule has 2 rings (SSSR count). The summed E-state index contributed by atoms with van der Waals surface area (Å²) >= 11 is 6.19. The van der Waals surface area contributed by atoms with Gasteiger partial charge in [0, 0.05) is 23.6 Å². The van der Waals surface area contributed by atoms with E-state index in [0.717, 1.165) is 16.7 Å². The first-order chi connectivity index (χ1) is 6.65. The van der Waals surface area contributed by atoms with Crippen molar-refractivity contribution in [2.45, 2.75) is 6.92 Å². The Labute approximate surface area is 88.0 Å². The van der Waals surface area contributed by atoms with E-state index in [2.05, 4.69) is 17.6 Å². The van der Waals surface area contributed by atoms with E-state index in [-0.39, 0.29) is 0 Å². The van der Waals surface area contributed by atoms with Crippen LogP contribution in [-0.4, -0.2) is 11.7 Å². The molecule has 0 spiro atoms. The van der Waals surface area contributed by atoms with Gasteiger partial charge < -0.3 is 9.30 Å². The van der Waals surface area contributed by atoms with Crippen LogP contribution in [0, 0.1) is 6.92 Å². The maximum absolute atomic E-state index is 6.19. The van der Waals surface area contributed by atoms with Gasteiger partial charge in [-0.2, -0.15) is 0 Å². The number of fused-ring (bicyclic) bond motifs is 1. The van der Waals surface area contributed by atoms with Crippen molar-refractivity contribution in [1.29, 1.82) is 0 Å². The van der Waals surface area contributed by atoms with Gasteiger partial charge in [-0.3, -0.25) is 0 Å². The van der Waals surface area contributed by atoms with Crippen molar-refractivity contribution >= 4 is 22.5 Å². The summed E-state index contributed by atoms with van der Waals surface area (Å²) in [7, 11) is 3.66. The standard InChI is InChI=1S/C11H12ClNO/c1-7-6-8-9(13(7)2)4-5-10(14-3)11(8)12/h4-6H,1-3H3. The molecule has 0 bridgehead atoms. The number of hydrogen-bond donors (Lipinski definition) is 0. The molecular formula is C11H12ClNO. The quantitative estimate of drug-likeness (QED) is 0.704. The summed E-state index contributed by atoms with van der Waals surface area (Å²) < 4.78 is 7.27. The van der Waals surface area contributed by atoms with Crippen LogP contribution in [0.2, 0.25) is 5.02 Å². The van der Waals surface area contributed by atoms with Crippen LogP contribution in [-0.2, 0) is 7.05 Å². The molecule has 0 radical (unpaired) electrons. The van der Waals surface area contributed by atoms with Gasteiger partial charge in [0.2, 0.25) is 0 Å². The Morgan fingerprint density at radius 1 is 1.36 bits per heavy atom. The fourth-order valence-electron chi connectivity index (χ4n) is 1.65. The van der Waals surface area contributed by atoms with Crippen LogP contribution >= 0.6 is 11.6 Å². The fraction of sp³-hybridized carbons (Fsp3) is 0.273. The van der Waals surface area contributed by atoms with Crippen LogP contribution in [0.4, 0.5) is 0 Å². The zero-order valence-electron chi connectivity index (χ0n) is 8.47. The van der Waals surface area contributed by atoms with Crippen molar-refractivity contribution in [1.82, 2.24) is 4.57 Å². The van der Waals surface area contributed by atoms with E-state index in [1.165, 1.54) is 5.69 Å². The topological polar surface area (TPSA) is 14.2 Å². The Kier molecular flexibility index (Phi) is 2.16. The Bertz CT molecular complexity index is 487. The molecular weight excluding hydrogens is 198 g/mol. The maximum atomic E-state index is 6.19. The van der Waals surface area contributed by atoms with E-state index in [1.54, 1.807) is 7.11 Å². The normalized spacial score (nSPS) is 10.9. The predicted molar refractivity (Wildman–Crippen MR) is 59.2 cm³/mol. The minimum atomic E-state index is 0.689. The maximum Gasteiger partial charge on any atom is 0.138 e. The molecule has 14 heavy (non-hydrogen) atoms.